The van der Waals surface area contributed by atoms with Gasteiger partial charge in [-0.2, -0.15) is 0 Å². The zero-order chi connectivity index (χ0) is 16.2. The Labute approximate surface area is 133 Å². The lowest BCUT2D eigenvalue weighted by Gasteiger charge is -2.13. The summed E-state index contributed by atoms with van der Waals surface area (Å²) >= 11 is 0. The number of hydrogen-bond acceptors (Lipinski definition) is 3. The molecule has 3 rings (SSSR count). The van der Waals surface area contributed by atoms with E-state index in [2.05, 4.69) is 10.3 Å². The minimum absolute atomic E-state index is 0.101. The second-order valence-corrected chi connectivity index (χ2v) is 5.38. The van der Waals surface area contributed by atoms with Gasteiger partial charge in [0.2, 0.25) is 5.91 Å². The lowest BCUT2D eigenvalue weighted by atomic mass is 10.1. The van der Waals surface area contributed by atoms with Crippen LogP contribution in [0, 0.1) is 0 Å². The summed E-state index contributed by atoms with van der Waals surface area (Å²) in [6.45, 7) is 0.696. The van der Waals surface area contributed by atoms with Gasteiger partial charge in [-0.1, -0.05) is 12.1 Å². The molecule has 0 unspecified atom stereocenters. The Balaban J connectivity index is 1.47. The number of benzene rings is 1. The topological polar surface area (TPSA) is 82.3 Å². The fourth-order valence-electron chi connectivity index (χ4n) is 2.60. The molecule has 2 aromatic rings. The van der Waals surface area contributed by atoms with Gasteiger partial charge in [0.05, 0.1) is 17.7 Å². The monoisotopic (exact) mass is 311 g/mol. The van der Waals surface area contributed by atoms with Crippen LogP contribution in [0.2, 0.25) is 0 Å². The molecule has 0 spiro atoms. The first-order chi connectivity index (χ1) is 11.2. The Kier molecular flexibility index (Phi) is 4.23. The summed E-state index contributed by atoms with van der Waals surface area (Å²) in [5, 5.41) is 2.79. The third kappa shape index (κ3) is 3.15. The predicted molar refractivity (Wildman–Crippen MR) is 83.7 cm³/mol. The molecule has 2 heterocycles. The van der Waals surface area contributed by atoms with Crippen molar-refractivity contribution in [2.24, 2.45) is 0 Å². The van der Waals surface area contributed by atoms with Gasteiger partial charge in [-0.05, 0) is 30.7 Å². The molecular weight excluding hydrogens is 294 g/mol. The van der Waals surface area contributed by atoms with E-state index in [9.17, 15) is 14.4 Å². The second kappa shape index (κ2) is 6.48. The van der Waals surface area contributed by atoms with Gasteiger partial charge in [-0.25, -0.2) is 0 Å². The normalized spacial score (nSPS) is 13.3. The van der Waals surface area contributed by atoms with Crippen LogP contribution in [-0.2, 0) is 11.3 Å². The van der Waals surface area contributed by atoms with E-state index in [1.807, 2.05) is 12.1 Å². The van der Waals surface area contributed by atoms with E-state index >= 15 is 0 Å². The number of hydrogen-bond donors (Lipinski definition) is 2. The summed E-state index contributed by atoms with van der Waals surface area (Å²) in [5.41, 5.74) is 1.81. The summed E-state index contributed by atoms with van der Waals surface area (Å²) in [6, 6.07) is 10.5. The average Bonchev–Trinajstić information content (AvgIpc) is 3.16. The summed E-state index contributed by atoms with van der Waals surface area (Å²) in [7, 11) is 0. The second-order valence-electron chi connectivity index (χ2n) is 5.38. The van der Waals surface area contributed by atoms with Crippen molar-refractivity contribution in [3.05, 3.63) is 59.4 Å². The van der Waals surface area contributed by atoms with Crippen LogP contribution in [0.25, 0.3) is 0 Å². The Morgan fingerprint density at radius 1 is 1.04 bits per heavy atom. The molecule has 1 aliphatic heterocycles. The zero-order valence-electron chi connectivity index (χ0n) is 12.5. The molecule has 0 atom stereocenters. The molecule has 6 nitrogen and oxygen atoms in total. The summed E-state index contributed by atoms with van der Waals surface area (Å²) < 4.78 is 0. The molecule has 23 heavy (non-hydrogen) atoms. The van der Waals surface area contributed by atoms with E-state index in [-0.39, 0.29) is 30.7 Å². The third-order valence-electron chi connectivity index (χ3n) is 3.80. The highest BCUT2D eigenvalue weighted by atomic mass is 16.2. The molecule has 2 N–H and O–H groups in total. The molecule has 0 aliphatic carbocycles. The number of imide groups is 1. The van der Waals surface area contributed by atoms with Gasteiger partial charge in [0.15, 0.2) is 0 Å². The number of aromatic amines is 1. The van der Waals surface area contributed by atoms with Gasteiger partial charge >= 0.3 is 0 Å². The Morgan fingerprint density at radius 2 is 1.74 bits per heavy atom. The van der Waals surface area contributed by atoms with Gasteiger partial charge < -0.3 is 10.3 Å². The fraction of sp³-hybridized carbons (Fsp3) is 0.235. The van der Waals surface area contributed by atoms with Crippen molar-refractivity contribution in [1.82, 2.24) is 15.2 Å². The van der Waals surface area contributed by atoms with Crippen LogP contribution < -0.4 is 5.32 Å². The van der Waals surface area contributed by atoms with E-state index < -0.39 is 0 Å². The molecule has 6 heteroatoms. The number of H-pyrrole nitrogens is 1. The SMILES string of the molecule is O=C(CCCN1C(=O)c2ccccc2C1=O)NCc1ccc[nH]1. The van der Waals surface area contributed by atoms with Crippen LogP contribution in [-0.4, -0.2) is 34.2 Å². The number of amides is 3. The van der Waals surface area contributed by atoms with Crippen LogP contribution >= 0.6 is 0 Å². The lowest BCUT2D eigenvalue weighted by Crippen LogP contribution is -2.32. The third-order valence-corrected chi connectivity index (χ3v) is 3.80. The highest BCUT2D eigenvalue weighted by molar-refractivity contribution is 6.21. The number of carbonyl (C=O) groups excluding carboxylic acids is 3. The van der Waals surface area contributed by atoms with Gasteiger partial charge in [0.25, 0.3) is 11.8 Å². The first kappa shape index (κ1) is 15.0. The minimum Gasteiger partial charge on any atom is -0.364 e. The summed E-state index contributed by atoms with van der Waals surface area (Å²) in [6.07, 6.45) is 2.51. The number of aromatic nitrogens is 1. The van der Waals surface area contributed by atoms with Crippen molar-refractivity contribution < 1.29 is 14.4 Å². The standard InChI is InChI=1S/C17H17N3O3/c21-15(19-11-12-5-3-9-18-12)8-4-10-20-16(22)13-6-1-2-7-14(13)17(20)23/h1-3,5-7,9,18H,4,8,10-11H2,(H,19,21). The van der Waals surface area contributed by atoms with Crippen molar-refractivity contribution >= 4 is 17.7 Å². The number of nitrogens with one attached hydrogen (secondary N) is 2. The van der Waals surface area contributed by atoms with Crippen LogP contribution in [0.3, 0.4) is 0 Å². The molecule has 118 valence electrons. The molecule has 0 saturated carbocycles. The predicted octanol–water partition coefficient (Wildman–Crippen LogP) is 1.71. The number of nitrogens with zero attached hydrogens (tertiary/aromatic N) is 1. The van der Waals surface area contributed by atoms with Gasteiger partial charge in [0.1, 0.15) is 0 Å². The number of fused-ring (bicyclic) bond motifs is 1. The van der Waals surface area contributed by atoms with E-state index in [1.165, 1.54) is 4.90 Å². The van der Waals surface area contributed by atoms with Crippen LogP contribution in [0.1, 0.15) is 39.3 Å². The zero-order valence-corrected chi connectivity index (χ0v) is 12.5. The Morgan fingerprint density at radius 3 is 2.35 bits per heavy atom. The maximum absolute atomic E-state index is 12.2. The summed E-state index contributed by atoms with van der Waals surface area (Å²) in [5.74, 6) is -0.661. The summed E-state index contributed by atoms with van der Waals surface area (Å²) in [4.78, 5) is 40.3. The average molecular weight is 311 g/mol. The maximum Gasteiger partial charge on any atom is 0.261 e. The molecule has 0 bridgehead atoms. The lowest BCUT2D eigenvalue weighted by molar-refractivity contribution is -0.121. The largest absolute Gasteiger partial charge is 0.364 e. The molecule has 0 fully saturated rings. The van der Waals surface area contributed by atoms with Crippen molar-refractivity contribution in [1.29, 1.82) is 0 Å². The molecule has 1 aromatic carbocycles. The molecule has 1 aliphatic rings. The maximum atomic E-state index is 12.2. The highest BCUT2D eigenvalue weighted by Crippen LogP contribution is 2.22. The first-order valence-electron chi connectivity index (χ1n) is 7.51. The molecule has 1 aromatic heterocycles. The number of rotatable bonds is 6. The molecular formula is C17H17N3O3. The minimum atomic E-state index is -0.280. The first-order valence-corrected chi connectivity index (χ1v) is 7.51. The Hall–Kier alpha value is -2.89. The van der Waals surface area contributed by atoms with Gasteiger partial charge in [-0.3, -0.25) is 19.3 Å². The van der Waals surface area contributed by atoms with Crippen LogP contribution in [0.15, 0.2) is 42.6 Å². The van der Waals surface area contributed by atoms with E-state index in [0.29, 0.717) is 24.1 Å². The van der Waals surface area contributed by atoms with Crippen LogP contribution in [0.5, 0.6) is 0 Å². The number of carbonyl (C=O) groups is 3. The smallest absolute Gasteiger partial charge is 0.261 e. The van der Waals surface area contributed by atoms with Gasteiger partial charge in [-0.15, -0.1) is 0 Å². The fourth-order valence-corrected chi connectivity index (χ4v) is 2.60. The van der Waals surface area contributed by atoms with Crippen molar-refractivity contribution in [2.75, 3.05) is 6.54 Å². The van der Waals surface area contributed by atoms with Crippen molar-refractivity contribution in [2.45, 2.75) is 19.4 Å². The molecule has 3 amide bonds. The van der Waals surface area contributed by atoms with Gasteiger partial charge in [0, 0.05) is 24.9 Å². The van der Waals surface area contributed by atoms with Crippen LogP contribution in [0.4, 0.5) is 0 Å². The quantitative estimate of drug-likeness (QED) is 0.797. The molecule has 0 saturated heterocycles. The van der Waals surface area contributed by atoms with Crippen molar-refractivity contribution in [3.8, 4) is 0 Å². The van der Waals surface area contributed by atoms with E-state index in [0.717, 1.165) is 5.69 Å². The van der Waals surface area contributed by atoms with Crippen molar-refractivity contribution in [3.63, 3.8) is 0 Å². The Bertz CT molecular complexity index is 702. The van der Waals surface area contributed by atoms with E-state index in [4.69, 9.17) is 0 Å². The highest BCUT2D eigenvalue weighted by Gasteiger charge is 2.34. The molecule has 0 radical (unpaired) electrons. The van der Waals surface area contributed by atoms with E-state index in [1.54, 1.807) is 30.5 Å².